The van der Waals surface area contributed by atoms with Gasteiger partial charge in [-0.3, -0.25) is 0 Å². The summed E-state index contributed by atoms with van der Waals surface area (Å²) in [4.78, 5) is 4.22. The van der Waals surface area contributed by atoms with Crippen LogP contribution in [-0.2, 0) is 0 Å². The molecule has 0 aliphatic heterocycles. The van der Waals surface area contributed by atoms with Gasteiger partial charge < -0.3 is 9.84 Å². The molecule has 0 amide bonds. The molecule has 2 aromatic rings. The molecule has 21 heavy (non-hydrogen) atoms. The largest absolute Gasteiger partial charge is 0.438 e. The highest BCUT2D eigenvalue weighted by Gasteiger charge is 2.14. The molecule has 1 heterocycles. The van der Waals surface area contributed by atoms with Gasteiger partial charge in [-0.05, 0) is 55.2 Å². The fourth-order valence-electron chi connectivity index (χ4n) is 2.13. The molecule has 3 nitrogen and oxygen atoms in total. The average molecular weight is 306 g/mol. The summed E-state index contributed by atoms with van der Waals surface area (Å²) < 4.78 is 5.92. The minimum absolute atomic E-state index is 0.306. The Bertz CT molecular complexity index is 639. The molecule has 0 aliphatic carbocycles. The Hall–Kier alpha value is -1.58. The van der Waals surface area contributed by atoms with Crippen LogP contribution in [0.5, 0.6) is 11.6 Å². The first-order chi connectivity index (χ1) is 9.90. The zero-order valence-corrected chi connectivity index (χ0v) is 13.5. The molecule has 112 valence electrons. The lowest BCUT2D eigenvalue weighted by molar-refractivity contribution is 0.194. The molecule has 0 spiro atoms. The Kier molecular flexibility index (Phi) is 4.86. The monoisotopic (exact) mass is 305 g/mol. The molecule has 2 rings (SSSR count). The average Bonchev–Trinajstić information content (AvgIpc) is 2.41. The number of aryl methyl sites for hydroxylation is 1. The predicted molar refractivity (Wildman–Crippen MR) is 85.2 cm³/mol. The number of hydrogen-bond acceptors (Lipinski definition) is 3. The van der Waals surface area contributed by atoms with Crippen molar-refractivity contribution in [2.24, 2.45) is 0 Å². The molecule has 0 bridgehead atoms. The summed E-state index contributed by atoms with van der Waals surface area (Å²) >= 11 is 6.27. The third-order valence-electron chi connectivity index (χ3n) is 3.37. The fraction of sp³-hybridized carbons (Fsp3) is 0.353. The fourth-order valence-corrected chi connectivity index (χ4v) is 2.57. The second-order valence-corrected chi connectivity index (χ2v) is 5.88. The minimum atomic E-state index is -0.633. The molecule has 0 unspecified atom stereocenters. The summed E-state index contributed by atoms with van der Waals surface area (Å²) in [6.07, 6.45) is 1.02. The summed E-state index contributed by atoms with van der Waals surface area (Å²) in [6.45, 7) is 7.80. The minimum Gasteiger partial charge on any atom is -0.438 e. The number of nitrogens with zero attached hydrogens (tertiary/aromatic N) is 1. The summed E-state index contributed by atoms with van der Waals surface area (Å²) in [6, 6.07) is 7.44. The van der Waals surface area contributed by atoms with E-state index in [9.17, 15) is 5.11 Å². The number of rotatable bonds is 4. The number of hydrogen-bond donors (Lipinski definition) is 1. The van der Waals surface area contributed by atoms with Gasteiger partial charge in [0, 0.05) is 16.8 Å². The number of aliphatic hydroxyl groups excluding tert-OH is 1. The molecule has 0 saturated carbocycles. The maximum absolute atomic E-state index is 9.80. The molecule has 0 fully saturated rings. The highest BCUT2D eigenvalue weighted by Crippen LogP contribution is 2.35. The van der Waals surface area contributed by atoms with Crippen LogP contribution in [0.1, 0.15) is 49.5 Å². The number of halogens is 1. The van der Waals surface area contributed by atoms with Gasteiger partial charge >= 0.3 is 0 Å². The summed E-state index contributed by atoms with van der Waals surface area (Å²) in [7, 11) is 0. The van der Waals surface area contributed by atoms with Gasteiger partial charge in [0.2, 0.25) is 5.88 Å². The van der Waals surface area contributed by atoms with E-state index in [2.05, 4.69) is 18.8 Å². The second-order valence-electron chi connectivity index (χ2n) is 5.47. The van der Waals surface area contributed by atoms with E-state index < -0.39 is 6.10 Å². The molecule has 0 radical (unpaired) electrons. The summed E-state index contributed by atoms with van der Waals surface area (Å²) in [5, 5.41) is 10.5. The summed E-state index contributed by atoms with van der Waals surface area (Å²) in [5.41, 5.74) is 2.64. The Morgan fingerprint density at radius 2 is 1.90 bits per heavy atom. The van der Waals surface area contributed by atoms with Crippen LogP contribution >= 0.6 is 11.6 Å². The Morgan fingerprint density at radius 1 is 1.19 bits per heavy atom. The first kappa shape index (κ1) is 15.8. The van der Waals surface area contributed by atoms with Gasteiger partial charge in [-0.2, -0.15) is 0 Å². The maximum Gasteiger partial charge on any atom is 0.225 e. The first-order valence-corrected chi connectivity index (χ1v) is 7.38. The molecular weight excluding hydrogens is 286 g/mol. The third kappa shape index (κ3) is 3.55. The van der Waals surface area contributed by atoms with E-state index in [1.165, 1.54) is 0 Å². The second kappa shape index (κ2) is 6.46. The lowest BCUT2D eigenvalue weighted by Crippen LogP contribution is -2.00. The van der Waals surface area contributed by atoms with Gasteiger partial charge in [0.25, 0.3) is 0 Å². The molecule has 1 aromatic heterocycles. The molecule has 1 aromatic carbocycles. The van der Waals surface area contributed by atoms with Crippen LogP contribution in [-0.4, -0.2) is 10.1 Å². The molecule has 4 heteroatoms. The lowest BCUT2D eigenvalue weighted by Gasteiger charge is -2.16. The van der Waals surface area contributed by atoms with Crippen molar-refractivity contribution in [1.29, 1.82) is 0 Å². The van der Waals surface area contributed by atoms with Crippen molar-refractivity contribution < 1.29 is 9.84 Å². The highest BCUT2D eigenvalue weighted by atomic mass is 35.5. The molecule has 0 saturated heterocycles. The smallest absolute Gasteiger partial charge is 0.225 e. The van der Waals surface area contributed by atoms with Crippen LogP contribution in [0.4, 0.5) is 0 Å². The Balaban J connectivity index is 2.43. The predicted octanol–water partition coefficient (Wildman–Crippen LogP) is 5.01. The Morgan fingerprint density at radius 3 is 2.52 bits per heavy atom. The number of ether oxygens (including phenoxy) is 1. The van der Waals surface area contributed by atoms with Gasteiger partial charge in [-0.1, -0.05) is 25.4 Å². The number of aromatic nitrogens is 1. The van der Waals surface area contributed by atoms with E-state index in [0.717, 1.165) is 16.1 Å². The SMILES string of the molecule is Cc1cc(Cl)c(C(C)C)cc1Oc1ncccc1[C@H](C)O. The van der Waals surface area contributed by atoms with Gasteiger partial charge in [-0.25, -0.2) is 4.98 Å². The van der Waals surface area contributed by atoms with Gasteiger partial charge in [-0.15, -0.1) is 0 Å². The number of pyridine rings is 1. The van der Waals surface area contributed by atoms with Crippen LogP contribution in [0.15, 0.2) is 30.5 Å². The van der Waals surface area contributed by atoms with Crippen molar-refractivity contribution in [3.8, 4) is 11.6 Å². The lowest BCUT2D eigenvalue weighted by atomic mass is 10.0. The normalized spacial score (nSPS) is 12.5. The van der Waals surface area contributed by atoms with Gasteiger partial charge in [0.15, 0.2) is 0 Å². The van der Waals surface area contributed by atoms with E-state index >= 15 is 0 Å². The van der Waals surface area contributed by atoms with Crippen molar-refractivity contribution in [3.05, 3.63) is 52.2 Å². The topological polar surface area (TPSA) is 42.4 Å². The van der Waals surface area contributed by atoms with Crippen LogP contribution in [0, 0.1) is 6.92 Å². The summed E-state index contributed by atoms with van der Waals surface area (Å²) in [5.74, 6) is 1.44. The third-order valence-corrected chi connectivity index (χ3v) is 3.70. The maximum atomic E-state index is 9.80. The Labute approximate surface area is 130 Å². The van der Waals surface area contributed by atoms with E-state index in [-0.39, 0.29) is 0 Å². The quantitative estimate of drug-likeness (QED) is 0.863. The highest BCUT2D eigenvalue weighted by molar-refractivity contribution is 6.31. The molecule has 0 aliphatic rings. The van der Waals surface area contributed by atoms with E-state index in [1.54, 1.807) is 19.2 Å². The van der Waals surface area contributed by atoms with Crippen molar-refractivity contribution in [2.75, 3.05) is 0 Å². The van der Waals surface area contributed by atoms with Crippen molar-refractivity contribution in [2.45, 2.75) is 39.7 Å². The van der Waals surface area contributed by atoms with Crippen LogP contribution in [0.3, 0.4) is 0 Å². The zero-order chi connectivity index (χ0) is 15.6. The van der Waals surface area contributed by atoms with Crippen molar-refractivity contribution in [3.63, 3.8) is 0 Å². The standard InChI is InChI=1S/C17H20ClNO2/c1-10(2)14-9-16(11(3)8-15(14)18)21-17-13(12(4)20)6-5-7-19-17/h5-10,12,20H,1-4H3/t12-/m0/s1. The molecule has 1 N–H and O–H groups in total. The number of aliphatic hydroxyl groups is 1. The van der Waals surface area contributed by atoms with Crippen LogP contribution in [0.25, 0.3) is 0 Å². The van der Waals surface area contributed by atoms with Gasteiger partial charge in [0.05, 0.1) is 6.10 Å². The van der Waals surface area contributed by atoms with E-state index in [0.29, 0.717) is 23.1 Å². The number of benzene rings is 1. The van der Waals surface area contributed by atoms with Crippen molar-refractivity contribution >= 4 is 11.6 Å². The van der Waals surface area contributed by atoms with Crippen LogP contribution in [0.2, 0.25) is 5.02 Å². The van der Waals surface area contributed by atoms with Crippen LogP contribution < -0.4 is 4.74 Å². The molecular formula is C17H20ClNO2. The zero-order valence-electron chi connectivity index (χ0n) is 12.7. The van der Waals surface area contributed by atoms with E-state index in [1.807, 2.05) is 25.1 Å². The molecule has 1 atom stereocenters. The van der Waals surface area contributed by atoms with Gasteiger partial charge in [0.1, 0.15) is 5.75 Å². The van der Waals surface area contributed by atoms with E-state index in [4.69, 9.17) is 16.3 Å². The first-order valence-electron chi connectivity index (χ1n) is 7.01. The van der Waals surface area contributed by atoms with Crippen molar-refractivity contribution in [1.82, 2.24) is 4.98 Å².